The second-order valence-corrected chi connectivity index (χ2v) is 3.60. The first-order chi connectivity index (χ1) is 6.42. The van der Waals surface area contributed by atoms with Crippen LogP contribution in [-0.2, 0) is 6.42 Å². The number of alkyl halides is 3. The Kier molecular flexibility index (Phi) is 3.42. The molecule has 78 valence electrons. The van der Waals surface area contributed by atoms with Gasteiger partial charge in [0.15, 0.2) is 0 Å². The van der Waals surface area contributed by atoms with E-state index in [-0.39, 0.29) is 5.56 Å². The lowest BCUT2D eigenvalue weighted by Gasteiger charge is -2.09. The molecule has 1 aromatic carbocycles. The van der Waals surface area contributed by atoms with Crippen LogP contribution in [0.3, 0.4) is 0 Å². The van der Waals surface area contributed by atoms with Crippen molar-refractivity contribution in [2.24, 2.45) is 0 Å². The summed E-state index contributed by atoms with van der Waals surface area (Å²) in [4.78, 5) is 0. The molecule has 1 rings (SSSR count). The van der Waals surface area contributed by atoms with Gasteiger partial charge in [-0.2, -0.15) is 13.2 Å². The highest BCUT2D eigenvalue weighted by atomic mass is 79.9. The summed E-state index contributed by atoms with van der Waals surface area (Å²) < 4.78 is 41.4. The molecule has 0 bridgehead atoms. The summed E-state index contributed by atoms with van der Waals surface area (Å²) in [5, 5.41) is 0. The van der Waals surface area contributed by atoms with Gasteiger partial charge in [0.1, 0.15) is 5.75 Å². The maximum absolute atomic E-state index is 12.1. The molecule has 0 aliphatic heterocycles. The van der Waals surface area contributed by atoms with Crippen LogP contribution in [0.4, 0.5) is 13.2 Å². The Morgan fingerprint density at radius 3 is 2.43 bits per heavy atom. The van der Waals surface area contributed by atoms with Gasteiger partial charge < -0.3 is 4.74 Å². The molecule has 1 nitrogen and oxygen atoms in total. The number of benzene rings is 1. The van der Waals surface area contributed by atoms with E-state index in [2.05, 4.69) is 15.9 Å². The summed E-state index contributed by atoms with van der Waals surface area (Å²) >= 11 is 3.06. The lowest BCUT2D eigenvalue weighted by Crippen LogP contribution is -2.11. The van der Waals surface area contributed by atoms with E-state index in [0.717, 1.165) is 0 Å². The first-order valence-electron chi connectivity index (χ1n) is 3.81. The molecule has 0 amide bonds. The Labute approximate surface area is 88.0 Å². The number of hydrogen-bond donors (Lipinski definition) is 0. The Morgan fingerprint density at radius 2 is 2.00 bits per heavy atom. The normalized spacial score (nSPS) is 11.5. The van der Waals surface area contributed by atoms with Gasteiger partial charge in [-0.25, -0.2) is 0 Å². The maximum Gasteiger partial charge on any atom is 0.393 e. The first-order valence-corrected chi connectivity index (χ1v) is 4.61. The molecule has 0 saturated carbocycles. The smallest absolute Gasteiger partial charge is 0.393 e. The topological polar surface area (TPSA) is 9.23 Å². The number of ether oxygens (including phenoxy) is 1. The van der Waals surface area contributed by atoms with Crippen LogP contribution < -0.4 is 4.74 Å². The summed E-state index contributed by atoms with van der Waals surface area (Å²) in [5.41, 5.74) is 0.207. The largest absolute Gasteiger partial charge is 0.497 e. The highest BCUT2D eigenvalue weighted by Crippen LogP contribution is 2.28. The van der Waals surface area contributed by atoms with Crippen LogP contribution in [0, 0.1) is 0 Å². The molecule has 0 aliphatic rings. The molecule has 0 N–H and O–H groups in total. The number of hydrogen-bond acceptors (Lipinski definition) is 1. The molecule has 0 fully saturated rings. The zero-order valence-corrected chi connectivity index (χ0v) is 8.95. The lowest BCUT2D eigenvalue weighted by atomic mass is 10.1. The van der Waals surface area contributed by atoms with Crippen LogP contribution in [0.25, 0.3) is 0 Å². The van der Waals surface area contributed by atoms with Crippen molar-refractivity contribution < 1.29 is 17.9 Å². The summed E-state index contributed by atoms with van der Waals surface area (Å²) in [6.07, 6.45) is -5.12. The van der Waals surface area contributed by atoms with E-state index in [1.165, 1.54) is 25.3 Å². The molecular formula is C9H8BrF3O. The predicted octanol–water partition coefficient (Wildman–Crippen LogP) is 3.56. The highest BCUT2D eigenvalue weighted by Gasteiger charge is 2.28. The molecule has 5 heteroatoms. The third kappa shape index (κ3) is 3.21. The van der Waals surface area contributed by atoms with Crippen molar-refractivity contribution >= 4 is 15.9 Å². The predicted molar refractivity (Wildman–Crippen MR) is 50.5 cm³/mol. The molecule has 0 saturated heterocycles. The minimum atomic E-state index is -4.18. The van der Waals surface area contributed by atoms with Crippen LogP contribution in [0.2, 0.25) is 0 Å². The lowest BCUT2D eigenvalue weighted by molar-refractivity contribution is -0.127. The summed E-state index contributed by atoms with van der Waals surface area (Å²) in [7, 11) is 1.46. The first kappa shape index (κ1) is 11.4. The third-order valence-electron chi connectivity index (χ3n) is 1.65. The minimum absolute atomic E-state index is 0.207. The van der Waals surface area contributed by atoms with Gasteiger partial charge in [-0.3, -0.25) is 0 Å². The van der Waals surface area contributed by atoms with Gasteiger partial charge in [0.25, 0.3) is 0 Å². The minimum Gasteiger partial charge on any atom is -0.497 e. The van der Waals surface area contributed by atoms with Crippen LogP contribution in [0.1, 0.15) is 5.56 Å². The molecular weight excluding hydrogens is 261 g/mol. The molecule has 0 radical (unpaired) electrons. The summed E-state index contributed by atoms with van der Waals surface area (Å²) in [6, 6.07) is 4.42. The van der Waals surface area contributed by atoms with Crippen molar-refractivity contribution in [1.29, 1.82) is 0 Å². The standard InChI is InChI=1S/C9H8BrF3O/c1-14-7-3-2-6(8(10)4-7)5-9(11,12)13/h2-4H,5H2,1H3. The molecule has 14 heavy (non-hydrogen) atoms. The van der Waals surface area contributed by atoms with E-state index in [0.29, 0.717) is 10.2 Å². The maximum atomic E-state index is 12.1. The van der Waals surface area contributed by atoms with E-state index in [1.54, 1.807) is 0 Å². The molecule has 0 aliphatic carbocycles. The number of rotatable bonds is 2. The Hall–Kier alpha value is -0.710. The van der Waals surface area contributed by atoms with Gasteiger partial charge in [-0.05, 0) is 17.7 Å². The van der Waals surface area contributed by atoms with Gasteiger partial charge >= 0.3 is 6.18 Å². The Balaban J connectivity index is 2.89. The van der Waals surface area contributed by atoms with E-state index >= 15 is 0 Å². The fourth-order valence-electron chi connectivity index (χ4n) is 1.01. The fourth-order valence-corrected chi connectivity index (χ4v) is 1.51. The molecule has 0 spiro atoms. The molecule has 0 atom stereocenters. The van der Waals surface area contributed by atoms with E-state index in [1.807, 2.05) is 0 Å². The van der Waals surface area contributed by atoms with Gasteiger partial charge in [-0.1, -0.05) is 22.0 Å². The second kappa shape index (κ2) is 4.21. The summed E-state index contributed by atoms with van der Waals surface area (Å²) in [6.45, 7) is 0. The average molecular weight is 269 g/mol. The quantitative estimate of drug-likeness (QED) is 0.797. The van der Waals surface area contributed by atoms with Crippen molar-refractivity contribution in [2.75, 3.05) is 7.11 Å². The molecule has 1 aromatic rings. The third-order valence-corrected chi connectivity index (χ3v) is 2.39. The Morgan fingerprint density at radius 1 is 1.36 bits per heavy atom. The van der Waals surface area contributed by atoms with Crippen molar-refractivity contribution in [2.45, 2.75) is 12.6 Å². The van der Waals surface area contributed by atoms with Crippen molar-refractivity contribution in [3.8, 4) is 5.75 Å². The van der Waals surface area contributed by atoms with Crippen molar-refractivity contribution in [1.82, 2.24) is 0 Å². The Bertz CT molecular complexity index is 322. The van der Waals surface area contributed by atoms with E-state index in [9.17, 15) is 13.2 Å². The average Bonchev–Trinajstić information content (AvgIpc) is 2.06. The SMILES string of the molecule is COc1ccc(CC(F)(F)F)c(Br)c1. The number of methoxy groups -OCH3 is 1. The van der Waals surface area contributed by atoms with Crippen LogP contribution in [-0.4, -0.2) is 13.3 Å². The highest BCUT2D eigenvalue weighted by molar-refractivity contribution is 9.10. The molecule has 0 heterocycles. The fraction of sp³-hybridized carbons (Fsp3) is 0.333. The van der Waals surface area contributed by atoms with Crippen LogP contribution in [0.5, 0.6) is 5.75 Å². The van der Waals surface area contributed by atoms with E-state index < -0.39 is 12.6 Å². The van der Waals surface area contributed by atoms with Crippen molar-refractivity contribution in [3.63, 3.8) is 0 Å². The van der Waals surface area contributed by atoms with Gasteiger partial charge in [0.05, 0.1) is 13.5 Å². The van der Waals surface area contributed by atoms with Gasteiger partial charge in [0.2, 0.25) is 0 Å². The van der Waals surface area contributed by atoms with Crippen LogP contribution >= 0.6 is 15.9 Å². The zero-order valence-electron chi connectivity index (χ0n) is 7.36. The molecule has 0 aromatic heterocycles. The second-order valence-electron chi connectivity index (χ2n) is 2.75. The zero-order chi connectivity index (χ0) is 10.8. The van der Waals surface area contributed by atoms with Crippen LogP contribution in [0.15, 0.2) is 22.7 Å². The van der Waals surface area contributed by atoms with Gasteiger partial charge in [-0.15, -0.1) is 0 Å². The van der Waals surface area contributed by atoms with E-state index in [4.69, 9.17) is 4.74 Å². The summed E-state index contributed by atoms with van der Waals surface area (Å²) in [5.74, 6) is 0.530. The van der Waals surface area contributed by atoms with Crippen molar-refractivity contribution in [3.05, 3.63) is 28.2 Å². The molecule has 0 unspecified atom stereocenters. The van der Waals surface area contributed by atoms with Gasteiger partial charge in [0, 0.05) is 4.47 Å². The monoisotopic (exact) mass is 268 g/mol. The number of halogens is 4.